The molecule has 2 heterocycles. The van der Waals surface area contributed by atoms with Crippen LogP contribution in [0.5, 0.6) is 0 Å². The van der Waals surface area contributed by atoms with Crippen molar-refractivity contribution in [3.8, 4) is 11.8 Å². The SMILES string of the molecule is CC(C)(C)[Si](C)(C)OC[C@H]1O[C@@H](n2cc(C#Cc3c4ccccc4cc4ccccc34)c(N)nc2=O)[C@H](O[Si](C)(C)C(C)(C)C)[C@@H]1O[Si](C)(C)C(C)(C)C. The third-order valence-corrected chi connectivity index (χ3v) is 26.0. The maximum Gasteiger partial charge on any atom is 0.351 e. The van der Waals surface area contributed by atoms with Gasteiger partial charge in [-0.15, -0.1) is 0 Å². The Bertz CT molecular complexity index is 2080. The number of hydrogen-bond donors (Lipinski definition) is 1. The summed E-state index contributed by atoms with van der Waals surface area (Å²) in [7, 11) is -7.00. The van der Waals surface area contributed by atoms with E-state index in [9.17, 15) is 4.79 Å². The number of nitrogen functional groups attached to an aromatic ring is 1. The number of aromatic nitrogens is 2. The molecule has 3 aromatic carbocycles. The Morgan fingerprint density at radius 1 is 0.741 bits per heavy atom. The van der Waals surface area contributed by atoms with E-state index >= 15 is 0 Å². The number of nitrogens with zero attached hydrogens (tertiary/aromatic N) is 2. The van der Waals surface area contributed by atoms with E-state index in [4.69, 9.17) is 23.7 Å². The van der Waals surface area contributed by atoms with Crippen molar-refractivity contribution in [2.45, 2.75) is 141 Å². The van der Waals surface area contributed by atoms with Gasteiger partial charge < -0.3 is 23.7 Å². The lowest BCUT2D eigenvalue weighted by atomic mass is 9.97. The van der Waals surface area contributed by atoms with Crippen LogP contribution in [-0.2, 0) is 18.0 Å². The molecule has 1 fully saturated rings. The first kappa shape index (κ1) is 42.1. The Labute approximate surface area is 326 Å². The number of anilines is 1. The summed E-state index contributed by atoms with van der Waals surface area (Å²) in [5.41, 5.74) is 7.26. The summed E-state index contributed by atoms with van der Waals surface area (Å²) in [5.74, 6) is 6.80. The number of hydrogen-bond acceptors (Lipinski definition) is 7. The lowest BCUT2D eigenvalue weighted by Crippen LogP contribution is -2.54. The van der Waals surface area contributed by atoms with E-state index < -0.39 is 55.2 Å². The van der Waals surface area contributed by atoms with E-state index in [0.29, 0.717) is 12.2 Å². The molecule has 5 rings (SSSR count). The van der Waals surface area contributed by atoms with Gasteiger partial charge in [-0.05, 0) is 82.0 Å². The van der Waals surface area contributed by atoms with Crippen molar-refractivity contribution in [3.05, 3.63) is 82.4 Å². The van der Waals surface area contributed by atoms with Gasteiger partial charge in [0.05, 0.1) is 12.2 Å². The highest BCUT2D eigenvalue weighted by Crippen LogP contribution is 2.46. The molecule has 0 spiro atoms. The molecule has 4 aromatic rings. The van der Waals surface area contributed by atoms with E-state index in [-0.39, 0.29) is 20.9 Å². The van der Waals surface area contributed by atoms with Crippen LogP contribution in [0.3, 0.4) is 0 Å². The second-order valence-electron chi connectivity index (χ2n) is 19.5. The molecule has 11 heteroatoms. The summed E-state index contributed by atoms with van der Waals surface area (Å²) in [6.45, 7) is 33.8. The molecule has 2 N–H and O–H groups in total. The van der Waals surface area contributed by atoms with Crippen LogP contribution in [0.4, 0.5) is 5.82 Å². The van der Waals surface area contributed by atoms with Crippen molar-refractivity contribution in [1.29, 1.82) is 0 Å². The average Bonchev–Trinajstić information content (AvgIpc) is 3.36. The summed E-state index contributed by atoms with van der Waals surface area (Å²) in [6.07, 6.45) is -0.747. The minimum Gasteiger partial charge on any atom is -0.414 e. The van der Waals surface area contributed by atoms with Gasteiger partial charge in [0.25, 0.3) is 0 Å². The average molecular weight is 786 g/mol. The summed E-state index contributed by atoms with van der Waals surface area (Å²) in [5, 5.41) is 4.09. The highest BCUT2D eigenvalue weighted by atomic mass is 28.4. The molecule has 0 saturated carbocycles. The van der Waals surface area contributed by atoms with Gasteiger partial charge in [0, 0.05) is 11.8 Å². The zero-order chi connectivity index (χ0) is 40.2. The number of rotatable bonds is 8. The maximum atomic E-state index is 14.0. The van der Waals surface area contributed by atoms with E-state index in [2.05, 4.69) is 149 Å². The fourth-order valence-corrected chi connectivity index (χ4v) is 9.53. The van der Waals surface area contributed by atoms with Crippen molar-refractivity contribution in [2.24, 2.45) is 0 Å². The Hall–Kier alpha value is -3.09. The minimum atomic E-state index is -2.45. The van der Waals surface area contributed by atoms with Crippen molar-refractivity contribution < 1.29 is 18.0 Å². The minimum absolute atomic E-state index is 0.00137. The molecule has 292 valence electrons. The summed E-state index contributed by atoms with van der Waals surface area (Å²) in [6, 6.07) is 18.6. The van der Waals surface area contributed by atoms with Gasteiger partial charge in [-0.2, -0.15) is 4.98 Å². The van der Waals surface area contributed by atoms with Gasteiger partial charge in [0.15, 0.2) is 31.2 Å². The monoisotopic (exact) mass is 785 g/mol. The fraction of sp³-hybridized carbons (Fsp3) is 0.535. The molecule has 0 aliphatic carbocycles. The molecular formula is C43H63N3O5Si3. The van der Waals surface area contributed by atoms with Crippen LogP contribution in [0.15, 0.2) is 65.6 Å². The predicted molar refractivity (Wildman–Crippen MR) is 232 cm³/mol. The Kier molecular flexibility index (Phi) is 11.5. The molecule has 0 amide bonds. The van der Waals surface area contributed by atoms with E-state index in [0.717, 1.165) is 27.1 Å². The number of nitrogens with two attached hydrogens (primary N) is 1. The molecule has 1 aliphatic heterocycles. The Morgan fingerprint density at radius 3 is 1.72 bits per heavy atom. The maximum absolute atomic E-state index is 14.0. The van der Waals surface area contributed by atoms with Gasteiger partial charge >= 0.3 is 5.69 Å². The number of fused-ring (bicyclic) bond motifs is 2. The lowest BCUT2D eigenvalue weighted by Gasteiger charge is -2.44. The van der Waals surface area contributed by atoms with E-state index in [1.807, 2.05) is 24.3 Å². The quantitative estimate of drug-likeness (QED) is 0.108. The number of benzene rings is 3. The molecular weight excluding hydrogens is 723 g/mol. The third-order valence-electron chi connectivity index (χ3n) is 12.5. The third kappa shape index (κ3) is 8.50. The van der Waals surface area contributed by atoms with Crippen molar-refractivity contribution in [1.82, 2.24) is 9.55 Å². The molecule has 4 atom stereocenters. The standard InChI is InChI=1S/C43H63N3O5Si3/c1-41(2,3)52(10,11)48-28-35-36(50-53(12,13)42(4,5)6)37(51-54(14,15)43(7,8)9)39(49-35)46-27-31(38(44)45-40(46)47)24-25-34-32-22-18-16-20-29(32)26-30-21-17-19-23-33(30)34/h16-23,26-27,35-37,39H,28H2,1-15H3,(H2,44,45,47)/t35-,36-,37-,39-/m1/s1. The first-order valence-corrected chi connectivity index (χ1v) is 27.9. The van der Waals surface area contributed by atoms with Gasteiger partial charge in [-0.3, -0.25) is 4.57 Å². The van der Waals surface area contributed by atoms with Gasteiger partial charge in [-0.25, -0.2) is 4.79 Å². The summed E-state index contributed by atoms with van der Waals surface area (Å²) < 4.78 is 29.9. The number of ether oxygens (including phenoxy) is 1. The second-order valence-corrected chi connectivity index (χ2v) is 33.8. The molecule has 0 bridgehead atoms. The predicted octanol–water partition coefficient (Wildman–Crippen LogP) is 10.2. The lowest BCUT2D eigenvalue weighted by molar-refractivity contribution is -0.0509. The Morgan fingerprint density at radius 2 is 1.22 bits per heavy atom. The smallest absolute Gasteiger partial charge is 0.351 e. The molecule has 0 radical (unpaired) electrons. The van der Waals surface area contributed by atoms with Crippen molar-refractivity contribution in [3.63, 3.8) is 0 Å². The fourth-order valence-electron chi connectivity index (χ4n) is 5.91. The van der Waals surface area contributed by atoms with Gasteiger partial charge in [-0.1, -0.05) is 123 Å². The summed E-state index contributed by atoms with van der Waals surface area (Å²) >= 11 is 0. The largest absolute Gasteiger partial charge is 0.414 e. The van der Waals surface area contributed by atoms with E-state index in [1.54, 1.807) is 6.20 Å². The van der Waals surface area contributed by atoms with Crippen molar-refractivity contribution >= 4 is 52.3 Å². The summed E-state index contributed by atoms with van der Waals surface area (Å²) in [4.78, 5) is 18.3. The highest BCUT2D eigenvalue weighted by Gasteiger charge is 2.55. The van der Waals surface area contributed by atoms with Crippen molar-refractivity contribution in [2.75, 3.05) is 12.3 Å². The molecule has 1 saturated heterocycles. The van der Waals surface area contributed by atoms with Crippen LogP contribution in [-0.4, -0.2) is 59.4 Å². The van der Waals surface area contributed by atoms with Crippen LogP contribution in [0.1, 0.15) is 79.7 Å². The zero-order valence-electron chi connectivity index (χ0n) is 35.3. The first-order chi connectivity index (χ1) is 24.7. The zero-order valence-corrected chi connectivity index (χ0v) is 38.3. The first-order valence-electron chi connectivity index (χ1n) is 19.2. The molecule has 1 aromatic heterocycles. The molecule has 0 unspecified atom stereocenters. The highest BCUT2D eigenvalue weighted by molar-refractivity contribution is 6.75. The van der Waals surface area contributed by atoms with Crippen LogP contribution in [0.2, 0.25) is 54.4 Å². The molecule has 54 heavy (non-hydrogen) atoms. The normalized spacial score (nSPS) is 20.4. The van der Waals surface area contributed by atoms with Crippen LogP contribution in [0, 0.1) is 11.8 Å². The van der Waals surface area contributed by atoms with E-state index in [1.165, 1.54) is 4.57 Å². The van der Waals surface area contributed by atoms with Crippen LogP contribution >= 0.6 is 0 Å². The molecule has 8 nitrogen and oxygen atoms in total. The topological polar surface area (TPSA) is 97.8 Å². The molecule has 1 aliphatic rings. The van der Waals surface area contributed by atoms with Crippen LogP contribution in [0.25, 0.3) is 21.5 Å². The van der Waals surface area contributed by atoms with Gasteiger partial charge in [0.1, 0.15) is 24.1 Å². The second kappa shape index (κ2) is 14.8. The van der Waals surface area contributed by atoms with Crippen LogP contribution < -0.4 is 11.4 Å². The van der Waals surface area contributed by atoms with Gasteiger partial charge in [0.2, 0.25) is 0 Å². The Balaban J connectivity index is 1.67.